The lowest BCUT2D eigenvalue weighted by atomic mass is 10.1. The first-order chi connectivity index (χ1) is 33.6. The van der Waals surface area contributed by atoms with Gasteiger partial charge in [0.15, 0.2) is 0 Å². The molecule has 0 fully saturated rings. The second-order valence-electron chi connectivity index (χ2n) is 19.9. The van der Waals surface area contributed by atoms with Crippen LogP contribution >= 0.6 is 7.82 Å². The SMILES string of the molecule is CC/C=C\C/C=C\C/C=C\C/C=C\C/C=C\CCCCCCCCCCCC(=O)OC(COCCCCCCCCCCCC/C=C\C/C=C\CCCCCCC)COP(=O)([O-])OCC[N+](C)(C)C. The van der Waals surface area contributed by atoms with E-state index in [4.69, 9.17) is 18.5 Å². The van der Waals surface area contributed by atoms with Crippen molar-refractivity contribution in [2.75, 3.05) is 54.1 Å². The van der Waals surface area contributed by atoms with E-state index in [1.807, 2.05) is 21.1 Å². The van der Waals surface area contributed by atoms with E-state index in [1.165, 1.54) is 135 Å². The van der Waals surface area contributed by atoms with E-state index < -0.39 is 13.9 Å². The number of allylic oxidation sites excluding steroid dienone is 14. The second kappa shape index (κ2) is 52.0. The standard InChI is InChI=1S/C60H108NO7P/c1-6-8-10-12-14-16-18-20-22-24-26-28-30-31-32-33-35-37-39-41-43-45-47-49-51-53-60(62)68-59(58-67-69(63,64)66-56-54-61(3,4)5)57-65-55-52-50-48-46-44-42-40-38-36-34-29-27-25-23-21-19-17-15-13-11-9-7-2/h8,10,14,16,19-22,25-28,31-32,59H,6-7,9,11-13,15,17-18,23-24,29-30,33-58H2,1-5H3/b10-8-,16-14-,21-19-,22-20-,27-25-,28-26-,32-31-. The van der Waals surface area contributed by atoms with E-state index in [2.05, 4.69) is 98.9 Å². The van der Waals surface area contributed by atoms with Crippen molar-refractivity contribution in [3.05, 3.63) is 85.1 Å². The number of ether oxygens (including phenoxy) is 2. The Morgan fingerprint density at radius 1 is 0.464 bits per heavy atom. The van der Waals surface area contributed by atoms with Crippen LogP contribution in [0.4, 0.5) is 0 Å². The predicted octanol–water partition coefficient (Wildman–Crippen LogP) is 17.3. The molecule has 0 saturated carbocycles. The first kappa shape index (κ1) is 66.7. The van der Waals surface area contributed by atoms with E-state index in [-0.39, 0.29) is 25.8 Å². The third-order valence-corrected chi connectivity index (χ3v) is 12.9. The molecule has 2 unspecified atom stereocenters. The highest BCUT2D eigenvalue weighted by Crippen LogP contribution is 2.38. The van der Waals surface area contributed by atoms with Gasteiger partial charge in [-0.2, -0.15) is 0 Å². The van der Waals surface area contributed by atoms with Crippen molar-refractivity contribution in [2.45, 2.75) is 238 Å². The number of hydrogen-bond acceptors (Lipinski definition) is 7. The third kappa shape index (κ3) is 56.5. The van der Waals surface area contributed by atoms with Crippen LogP contribution in [0.25, 0.3) is 0 Å². The molecule has 0 heterocycles. The molecule has 0 amide bonds. The van der Waals surface area contributed by atoms with Gasteiger partial charge in [-0.25, -0.2) is 0 Å². The highest BCUT2D eigenvalue weighted by molar-refractivity contribution is 7.45. The molecule has 0 N–H and O–H groups in total. The molecule has 0 aromatic rings. The summed E-state index contributed by atoms with van der Waals surface area (Å²) in [6.45, 7) is 5.29. The van der Waals surface area contributed by atoms with E-state index >= 15 is 0 Å². The minimum absolute atomic E-state index is 0.0205. The van der Waals surface area contributed by atoms with Gasteiger partial charge in [0.1, 0.15) is 19.3 Å². The van der Waals surface area contributed by atoms with Crippen LogP contribution in [-0.4, -0.2) is 70.7 Å². The van der Waals surface area contributed by atoms with E-state index in [1.54, 1.807) is 0 Å². The molecule has 0 bridgehead atoms. The van der Waals surface area contributed by atoms with Crippen LogP contribution in [-0.2, 0) is 27.9 Å². The summed E-state index contributed by atoms with van der Waals surface area (Å²) in [5, 5.41) is 0. The van der Waals surface area contributed by atoms with Crippen molar-refractivity contribution < 1.29 is 37.3 Å². The van der Waals surface area contributed by atoms with Gasteiger partial charge in [-0.3, -0.25) is 9.36 Å². The van der Waals surface area contributed by atoms with E-state index in [9.17, 15) is 14.3 Å². The van der Waals surface area contributed by atoms with Gasteiger partial charge < -0.3 is 27.9 Å². The van der Waals surface area contributed by atoms with Gasteiger partial charge in [0.05, 0.1) is 34.4 Å². The van der Waals surface area contributed by atoms with Gasteiger partial charge in [0.2, 0.25) is 0 Å². The molecule has 0 aromatic carbocycles. The molecule has 0 saturated heterocycles. The molecule has 9 heteroatoms. The van der Waals surface area contributed by atoms with Crippen LogP contribution in [0.15, 0.2) is 85.1 Å². The number of phosphoric ester groups is 1. The smallest absolute Gasteiger partial charge is 0.306 e. The number of nitrogens with zero attached hydrogens (tertiary/aromatic N) is 1. The summed E-state index contributed by atoms with van der Waals surface area (Å²) in [6.07, 6.45) is 70.4. The normalized spacial score (nSPS) is 14.1. The van der Waals surface area contributed by atoms with Crippen molar-refractivity contribution in [3.63, 3.8) is 0 Å². The molecule has 2 atom stereocenters. The average molecular weight is 986 g/mol. The molecule has 0 aromatic heterocycles. The number of rotatable bonds is 52. The lowest BCUT2D eigenvalue weighted by molar-refractivity contribution is -0.870. The zero-order valence-electron chi connectivity index (χ0n) is 45.5. The highest BCUT2D eigenvalue weighted by atomic mass is 31.2. The zero-order chi connectivity index (χ0) is 50.5. The maximum absolute atomic E-state index is 12.8. The lowest BCUT2D eigenvalue weighted by Crippen LogP contribution is -2.37. The minimum Gasteiger partial charge on any atom is -0.756 e. The summed E-state index contributed by atoms with van der Waals surface area (Å²) in [4.78, 5) is 25.3. The maximum atomic E-state index is 12.8. The Labute approximate surface area is 426 Å². The minimum atomic E-state index is -4.54. The molecular formula is C60H108NO7P. The Bertz CT molecular complexity index is 1380. The summed E-state index contributed by atoms with van der Waals surface area (Å²) in [5.74, 6) is -0.342. The Morgan fingerprint density at radius 2 is 0.841 bits per heavy atom. The summed E-state index contributed by atoms with van der Waals surface area (Å²) in [5.41, 5.74) is 0. The second-order valence-corrected chi connectivity index (χ2v) is 21.3. The topological polar surface area (TPSA) is 94.1 Å². The fraction of sp³-hybridized carbons (Fsp3) is 0.750. The maximum Gasteiger partial charge on any atom is 0.306 e. The average Bonchev–Trinajstić information content (AvgIpc) is 3.31. The molecule has 8 nitrogen and oxygen atoms in total. The van der Waals surface area contributed by atoms with Crippen LogP contribution in [0.2, 0.25) is 0 Å². The number of phosphoric acid groups is 1. The number of unbranched alkanes of at least 4 members (excludes halogenated alkanes) is 24. The number of quaternary nitrogens is 1. The van der Waals surface area contributed by atoms with Crippen LogP contribution in [0.1, 0.15) is 232 Å². The third-order valence-electron chi connectivity index (χ3n) is 11.9. The molecular weight excluding hydrogens is 878 g/mol. The van der Waals surface area contributed by atoms with Gasteiger partial charge in [0, 0.05) is 13.0 Å². The number of hydrogen-bond donors (Lipinski definition) is 0. The summed E-state index contributed by atoms with van der Waals surface area (Å²) >= 11 is 0. The first-order valence-corrected chi connectivity index (χ1v) is 29.8. The molecule has 0 aliphatic carbocycles. The summed E-state index contributed by atoms with van der Waals surface area (Å²) in [7, 11) is 1.34. The van der Waals surface area contributed by atoms with Gasteiger partial charge >= 0.3 is 5.97 Å². The monoisotopic (exact) mass is 986 g/mol. The Kier molecular flexibility index (Phi) is 50.3. The van der Waals surface area contributed by atoms with Crippen molar-refractivity contribution in [1.82, 2.24) is 0 Å². The predicted molar refractivity (Wildman–Crippen MR) is 295 cm³/mol. The molecule has 0 rings (SSSR count). The van der Waals surface area contributed by atoms with Crippen LogP contribution in [0, 0.1) is 0 Å². The van der Waals surface area contributed by atoms with E-state index in [0.717, 1.165) is 77.0 Å². The van der Waals surface area contributed by atoms with Crippen molar-refractivity contribution in [2.24, 2.45) is 0 Å². The van der Waals surface area contributed by atoms with Crippen LogP contribution in [0.5, 0.6) is 0 Å². The fourth-order valence-electron chi connectivity index (χ4n) is 7.60. The molecule has 0 aliphatic heterocycles. The highest BCUT2D eigenvalue weighted by Gasteiger charge is 2.20. The van der Waals surface area contributed by atoms with Crippen LogP contribution < -0.4 is 4.89 Å². The largest absolute Gasteiger partial charge is 0.756 e. The number of likely N-dealkylation sites (N-methyl/N-ethyl adjacent to an activating group) is 1. The van der Waals surface area contributed by atoms with E-state index in [0.29, 0.717) is 24.1 Å². The molecule has 0 spiro atoms. The molecule has 0 radical (unpaired) electrons. The number of esters is 1. The fourth-order valence-corrected chi connectivity index (χ4v) is 8.33. The zero-order valence-corrected chi connectivity index (χ0v) is 46.4. The molecule has 400 valence electrons. The Balaban J connectivity index is 4.13. The van der Waals surface area contributed by atoms with Crippen molar-refractivity contribution in [3.8, 4) is 0 Å². The Morgan fingerprint density at radius 3 is 1.26 bits per heavy atom. The van der Waals surface area contributed by atoms with Crippen molar-refractivity contribution >= 4 is 13.8 Å². The van der Waals surface area contributed by atoms with Gasteiger partial charge in [-0.05, 0) is 89.9 Å². The molecule has 0 aliphatic rings. The Hall–Kier alpha value is -2.32. The summed E-state index contributed by atoms with van der Waals surface area (Å²) < 4.78 is 34.8. The first-order valence-electron chi connectivity index (χ1n) is 28.3. The van der Waals surface area contributed by atoms with Gasteiger partial charge in [-0.1, -0.05) is 221 Å². The molecule has 69 heavy (non-hydrogen) atoms. The van der Waals surface area contributed by atoms with Crippen LogP contribution in [0.3, 0.4) is 0 Å². The van der Waals surface area contributed by atoms with Crippen molar-refractivity contribution in [1.29, 1.82) is 0 Å². The summed E-state index contributed by atoms with van der Waals surface area (Å²) in [6, 6.07) is 0. The van der Waals surface area contributed by atoms with Gasteiger partial charge in [-0.15, -0.1) is 0 Å². The lowest BCUT2D eigenvalue weighted by Gasteiger charge is -2.28. The number of carbonyl (C=O) groups is 1. The quantitative estimate of drug-likeness (QED) is 0.0197. The number of carbonyl (C=O) groups excluding carboxylic acids is 1. The van der Waals surface area contributed by atoms with Gasteiger partial charge in [0.25, 0.3) is 7.82 Å².